The van der Waals surface area contributed by atoms with E-state index < -0.39 is 23.3 Å². The van der Waals surface area contributed by atoms with Gasteiger partial charge < -0.3 is 4.74 Å². The molecule has 0 atom stereocenters. The number of hydrogen-bond donors (Lipinski definition) is 0. The smallest absolute Gasteiger partial charge is 0.307 e. The van der Waals surface area contributed by atoms with Crippen molar-refractivity contribution in [1.82, 2.24) is 0 Å². The molecule has 0 aliphatic carbocycles. The van der Waals surface area contributed by atoms with Gasteiger partial charge in [-0.3, -0.25) is 19.7 Å². The van der Waals surface area contributed by atoms with Gasteiger partial charge in [0, 0.05) is 23.1 Å². The summed E-state index contributed by atoms with van der Waals surface area (Å²) in [5.41, 5.74) is 2.41. The second-order valence-corrected chi connectivity index (χ2v) is 6.92. The second-order valence-electron chi connectivity index (χ2n) is 6.92. The molecule has 152 valence electrons. The van der Waals surface area contributed by atoms with E-state index in [-0.39, 0.29) is 23.6 Å². The molecule has 30 heavy (non-hydrogen) atoms. The van der Waals surface area contributed by atoms with Crippen LogP contribution in [0.15, 0.2) is 78.9 Å². The van der Waals surface area contributed by atoms with Crippen molar-refractivity contribution in [2.24, 2.45) is 0 Å². The Kier molecular flexibility index (Phi) is 6.70. The van der Waals surface area contributed by atoms with Crippen molar-refractivity contribution in [3.8, 4) is 0 Å². The Morgan fingerprint density at radius 1 is 0.933 bits per heavy atom. The zero-order valence-corrected chi connectivity index (χ0v) is 16.5. The van der Waals surface area contributed by atoms with Gasteiger partial charge in [0.2, 0.25) is 5.78 Å². The normalized spacial score (nSPS) is 10.6. The fourth-order valence-corrected chi connectivity index (χ4v) is 3.23. The molecule has 0 aliphatic heterocycles. The maximum absolute atomic E-state index is 12.5. The predicted octanol–water partition coefficient (Wildman–Crippen LogP) is 4.85. The number of esters is 1. The topological polar surface area (TPSA) is 86.5 Å². The lowest BCUT2D eigenvalue weighted by atomic mass is 9.89. The molecule has 3 rings (SSSR count). The minimum Gasteiger partial charge on any atom is -0.457 e. The summed E-state index contributed by atoms with van der Waals surface area (Å²) >= 11 is 0. The van der Waals surface area contributed by atoms with Crippen LogP contribution in [0.5, 0.6) is 0 Å². The van der Waals surface area contributed by atoms with Crippen LogP contribution < -0.4 is 0 Å². The third-order valence-electron chi connectivity index (χ3n) is 4.87. The number of Topliss-reactive ketones (excluding diaryl/α,β-unsaturated/α-hetero) is 1. The second kappa shape index (κ2) is 9.60. The van der Waals surface area contributed by atoms with E-state index in [1.54, 1.807) is 6.92 Å². The summed E-state index contributed by atoms with van der Waals surface area (Å²) in [6.45, 7) is 1.13. The van der Waals surface area contributed by atoms with E-state index in [9.17, 15) is 19.7 Å². The number of ether oxygens (including phenoxy) is 1. The minimum atomic E-state index is -0.539. The Balaban J connectivity index is 1.68. The maximum Gasteiger partial charge on any atom is 0.307 e. The summed E-state index contributed by atoms with van der Waals surface area (Å²) in [6, 6.07) is 23.4. The van der Waals surface area contributed by atoms with Crippen LogP contribution >= 0.6 is 0 Å². The molecule has 0 N–H and O–H groups in total. The summed E-state index contributed by atoms with van der Waals surface area (Å²) in [4.78, 5) is 35.4. The third-order valence-corrected chi connectivity index (χ3v) is 4.87. The van der Waals surface area contributed by atoms with Gasteiger partial charge in [-0.05, 0) is 18.1 Å². The van der Waals surface area contributed by atoms with E-state index >= 15 is 0 Å². The van der Waals surface area contributed by atoms with Gasteiger partial charge in [-0.15, -0.1) is 0 Å². The number of nitro benzene ring substituents is 1. The summed E-state index contributed by atoms with van der Waals surface area (Å²) in [5.74, 6) is -1.19. The highest BCUT2D eigenvalue weighted by Gasteiger charge is 2.21. The van der Waals surface area contributed by atoms with Crippen LogP contribution in [-0.2, 0) is 9.53 Å². The Labute approximate surface area is 174 Å². The van der Waals surface area contributed by atoms with E-state index in [1.165, 1.54) is 18.2 Å². The summed E-state index contributed by atoms with van der Waals surface area (Å²) < 4.78 is 5.20. The van der Waals surface area contributed by atoms with Crippen LogP contribution in [0.2, 0.25) is 0 Å². The minimum absolute atomic E-state index is 0.0787. The first-order valence-electron chi connectivity index (χ1n) is 9.49. The Morgan fingerprint density at radius 3 is 2.03 bits per heavy atom. The van der Waals surface area contributed by atoms with Gasteiger partial charge >= 0.3 is 5.97 Å². The number of carbonyl (C=O) groups is 2. The fraction of sp³-hybridized carbons (Fsp3) is 0.167. The molecule has 0 saturated heterocycles. The number of carbonyl (C=O) groups excluding carboxylic acids is 2. The molecule has 0 amide bonds. The van der Waals surface area contributed by atoms with E-state index in [0.717, 1.165) is 11.1 Å². The van der Waals surface area contributed by atoms with E-state index in [2.05, 4.69) is 0 Å². The highest BCUT2D eigenvalue weighted by atomic mass is 16.6. The molecule has 6 nitrogen and oxygen atoms in total. The lowest BCUT2D eigenvalue weighted by Crippen LogP contribution is -2.17. The average Bonchev–Trinajstić information content (AvgIpc) is 2.77. The third kappa shape index (κ3) is 5.17. The zero-order chi connectivity index (χ0) is 21.5. The highest BCUT2D eigenvalue weighted by molar-refractivity contribution is 5.98. The molecule has 0 heterocycles. The molecule has 0 aliphatic rings. The first-order valence-corrected chi connectivity index (χ1v) is 9.49. The van der Waals surface area contributed by atoms with Gasteiger partial charge in [0.05, 0.1) is 11.3 Å². The monoisotopic (exact) mass is 403 g/mol. The standard InChI is InChI=1S/C24H21NO5/c1-17-12-13-20(14-22(17)25(28)29)23(26)16-30-24(27)15-21(18-8-4-2-5-9-18)19-10-6-3-7-11-19/h2-14,21H,15-16H2,1H3. The van der Waals surface area contributed by atoms with Gasteiger partial charge in [-0.25, -0.2) is 0 Å². The largest absolute Gasteiger partial charge is 0.457 e. The van der Waals surface area contributed by atoms with Crippen molar-refractivity contribution in [2.45, 2.75) is 19.3 Å². The first-order chi connectivity index (χ1) is 14.5. The molecule has 0 fully saturated rings. The van der Waals surface area contributed by atoms with Crippen molar-refractivity contribution in [3.05, 3.63) is 111 Å². The van der Waals surface area contributed by atoms with Crippen LogP contribution in [0.1, 0.15) is 39.4 Å². The highest BCUT2D eigenvalue weighted by Crippen LogP contribution is 2.28. The molecular weight excluding hydrogens is 382 g/mol. The van der Waals surface area contributed by atoms with Crippen molar-refractivity contribution >= 4 is 17.4 Å². The molecule has 0 bridgehead atoms. The van der Waals surface area contributed by atoms with Gasteiger partial charge in [0.15, 0.2) is 6.61 Å². The Hall–Kier alpha value is -3.80. The number of nitro groups is 1. The molecule has 0 spiro atoms. The van der Waals surface area contributed by atoms with Crippen LogP contribution in [0, 0.1) is 17.0 Å². The summed E-state index contributed by atoms with van der Waals surface area (Å²) in [6.07, 6.45) is 0.0787. The summed E-state index contributed by atoms with van der Waals surface area (Å²) in [5, 5.41) is 11.1. The van der Waals surface area contributed by atoms with E-state index in [1.807, 2.05) is 60.7 Å². The zero-order valence-electron chi connectivity index (χ0n) is 16.5. The molecule has 0 radical (unpaired) electrons. The Bertz CT molecular complexity index is 1010. The predicted molar refractivity (Wildman–Crippen MR) is 112 cm³/mol. The summed E-state index contributed by atoms with van der Waals surface area (Å²) in [7, 11) is 0. The van der Waals surface area contributed by atoms with Crippen molar-refractivity contribution in [2.75, 3.05) is 6.61 Å². The molecular formula is C24H21NO5. The Morgan fingerprint density at radius 2 is 1.50 bits per heavy atom. The van der Waals surface area contributed by atoms with Gasteiger partial charge in [-0.2, -0.15) is 0 Å². The van der Waals surface area contributed by atoms with Crippen LogP contribution in [-0.4, -0.2) is 23.3 Å². The number of rotatable bonds is 8. The number of ketones is 1. The number of hydrogen-bond acceptors (Lipinski definition) is 5. The van der Waals surface area contributed by atoms with Gasteiger partial charge in [-0.1, -0.05) is 72.8 Å². The first kappa shape index (κ1) is 20.9. The number of benzene rings is 3. The lowest BCUT2D eigenvalue weighted by molar-refractivity contribution is -0.385. The number of nitrogens with zero attached hydrogens (tertiary/aromatic N) is 1. The van der Waals surface area contributed by atoms with Crippen molar-refractivity contribution in [3.63, 3.8) is 0 Å². The van der Waals surface area contributed by atoms with Crippen molar-refractivity contribution < 1.29 is 19.2 Å². The number of aryl methyl sites for hydroxylation is 1. The SMILES string of the molecule is Cc1ccc(C(=O)COC(=O)CC(c2ccccc2)c2ccccc2)cc1[N+](=O)[O-]. The van der Waals surface area contributed by atoms with E-state index in [0.29, 0.717) is 5.56 Å². The molecule has 3 aromatic carbocycles. The molecule has 0 saturated carbocycles. The lowest BCUT2D eigenvalue weighted by Gasteiger charge is -2.17. The van der Waals surface area contributed by atoms with Crippen LogP contribution in [0.4, 0.5) is 5.69 Å². The molecule has 6 heteroatoms. The van der Waals surface area contributed by atoms with E-state index in [4.69, 9.17) is 4.74 Å². The van der Waals surface area contributed by atoms with Gasteiger partial charge in [0.1, 0.15) is 0 Å². The fourth-order valence-electron chi connectivity index (χ4n) is 3.23. The average molecular weight is 403 g/mol. The molecule has 3 aromatic rings. The molecule has 0 aromatic heterocycles. The maximum atomic E-state index is 12.5. The van der Waals surface area contributed by atoms with Crippen LogP contribution in [0.25, 0.3) is 0 Å². The quantitative estimate of drug-likeness (QED) is 0.232. The molecule has 0 unspecified atom stereocenters. The van der Waals surface area contributed by atoms with Crippen LogP contribution in [0.3, 0.4) is 0 Å². The van der Waals surface area contributed by atoms with Gasteiger partial charge in [0.25, 0.3) is 5.69 Å². The van der Waals surface area contributed by atoms with Crippen molar-refractivity contribution in [1.29, 1.82) is 0 Å².